The van der Waals surface area contributed by atoms with Gasteiger partial charge in [0.1, 0.15) is 0 Å². The normalized spacial score (nSPS) is 19.8. The van der Waals surface area contributed by atoms with Crippen molar-refractivity contribution < 1.29 is 14.3 Å². The Bertz CT molecular complexity index is 625. The number of nitrogens with one attached hydrogen (secondary N) is 2. The summed E-state index contributed by atoms with van der Waals surface area (Å²) in [5, 5.41) is 6.47. The van der Waals surface area contributed by atoms with Crippen molar-refractivity contribution in [3.05, 3.63) is 35.4 Å². The van der Waals surface area contributed by atoms with Crippen LogP contribution in [0.3, 0.4) is 0 Å². The van der Waals surface area contributed by atoms with Crippen LogP contribution in [0, 0.1) is 5.92 Å². The van der Waals surface area contributed by atoms with Crippen molar-refractivity contribution in [3.8, 4) is 0 Å². The van der Waals surface area contributed by atoms with Gasteiger partial charge in [-0.05, 0) is 30.4 Å². The summed E-state index contributed by atoms with van der Waals surface area (Å²) in [6.07, 6.45) is 1.31. The highest BCUT2D eigenvalue weighted by atomic mass is 35.5. The van der Waals surface area contributed by atoms with E-state index in [1.54, 1.807) is 18.7 Å². The monoisotopic (exact) mass is 428 g/mol. The Labute approximate surface area is 179 Å². The second-order valence-electron chi connectivity index (χ2n) is 7.45. The van der Waals surface area contributed by atoms with E-state index in [0.29, 0.717) is 25.0 Å². The number of hydrogen-bond acceptors (Lipinski definition) is 5. The van der Waals surface area contributed by atoms with Crippen molar-refractivity contribution in [2.24, 2.45) is 5.92 Å². The zero-order valence-corrected chi connectivity index (χ0v) is 18.8. The van der Waals surface area contributed by atoms with Crippen LogP contribution in [0.2, 0.25) is 0 Å². The topological polar surface area (TPSA) is 67.4 Å². The number of halogens is 1. The first-order valence-corrected chi connectivity index (χ1v) is 10.8. The number of thioether (sulfide) groups is 1. The average Bonchev–Trinajstić information content (AvgIpc) is 3.11. The average molecular weight is 429 g/mol. The molecule has 1 aliphatic rings. The number of rotatable bonds is 9. The Kier molecular flexibility index (Phi) is 10.9. The molecule has 1 saturated heterocycles. The maximum absolute atomic E-state index is 12.3. The number of esters is 1. The van der Waals surface area contributed by atoms with Crippen molar-refractivity contribution >= 4 is 36.0 Å². The predicted molar refractivity (Wildman–Crippen MR) is 118 cm³/mol. The highest BCUT2D eigenvalue weighted by molar-refractivity contribution is 8.00. The van der Waals surface area contributed by atoms with Gasteiger partial charge in [0, 0.05) is 18.2 Å². The van der Waals surface area contributed by atoms with Gasteiger partial charge < -0.3 is 10.1 Å². The first kappa shape index (κ1) is 24.8. The lowest BCUT2D eigenvalue weighted by Crippen LogP contribution is -2.45. The van der Waals surface area contributed by atoms with E-state index in [9.17, 15) is 9.59 Å². The lowest BCUT2D eigenvalue weighted by atomic mass is 9.96. The van der Waals surface area contributed by atoms with Gasteiger partial charge in [0.25, 0.3) is 0 Å². The summed E-state index contributed by atoms with van der Waals surface area (Å²) in [6.45, 7) is 9.11. The molecule has 0 bridgehead atoms. The third-order valence-corrected chi connectivity index (χ3v) is 6.09. The van der Waals surface area contributed by atoms with E-state index < -0.39 is 0 Å². The molecule has 0 aliphatic carbocycles. The van der Waals surface area contributed by atoms with Gasteiger partial charge in [0.15, 0.2) is 0 Å². The molecule has 1 amide bonds. The fraction of sp³-hybridized carbons (Fsp3) is 0.619. The maximum Gasteiger partial charge on any atom is 0.307 e. The lowest BCUT2D eigenvalue weighted by molar-refractivity contribution is -0.143. The number of carbonyl (C=O) groups excluding carboxylic acids is 2. The van der Waals surface area contributed by atoms with Gasteiger partial charge in [-0.25, -0.2) is 0 Å². The molecule has 1 unspecified atom stereocenters. The molecule has 2 N–H and O–H groups in total. The Morgan fingerprint density at radius 1 is 1.25 bits per heavy atom. The molecule has 1 aromatic carbocycles. The molecule has 1 aromatic rings. The Morgan fingerprint density at radius 3 is 2.54 bits per heavy atom. The van der Waals surface area contributed by atoms with Gasteiger partial charge in [0.05, 0.1) is 24.4 Å². The molecule has 3 atom stereocenters. The molecule has 1 heterocycles. The van der Waals surface area contributed by atoms with Crippen LogP contribution in [0.5, 0.6) is 0 Å². The van der Waals surface area contributed by atoms with Crippen LogP contribution in [-0.2, 0) is 20.7 Å². The van der Waals surface area contributed by atoms with Crippen molar-refractivity contribution in [2.75, 3.05) is 18.9 Å². The maximum atomic E-state index is 12.3. The molecule has 158 valence electrons. The van der Waals surface area contributed by atoms with Crippen LogP contribution in [0.1, 0.15) is 51.2 Å². The summed E-state index contributed by atoms with van der Waals surface area (Å²) in [4.78, 5) is 23.6. The highest BCUT2D eigenvalue weighted by Crippen LogP contribution is 2.32. The van der Waals surface area contributed by atoms with Crippen LogP contribution in [0.15, 0.2) is 24.3 Å². The van der Waals surface area contributed by atoms with E-state index in [-0.39, 0.29) is 42.1 Å². The van der Waals surface area contributed by atoms with Crippen LogP contribution in [0.25, 0.3) is 0 Å². The SMILES string of the molecule is CCOC(=O)CCNC(=O)[C@@H]1CSC([C@@H](C)c2ccc(CC(C)C)cc2)N1.Cl. The van der Waals surface area contributed by atoms with Crippen LogP contribution in [0.4, 0.5) is 0 Å². The molecule has 5 nitrogen and oxygen atoms in total. The molecule has 1 fully saturated rings. The molecule has 0 radical (unpaired) electrons. The third-order valence-electron chi connectivity index (χ3n) is 4.66. The van der Waals surface area contributed by atoms with E-state index in [2.05, 4.69) is 55.7 Å². The summed E-state index contributed by atoms with van der Waals surface area (Å²) >= 11 is 1.78. The van der Waals surface area contributed by atoms with Gasteiger partial charge in [-0.2, -0.15) is 0 Å². The number of carbonyl (C=O) groups is 2. The van der Waals surface area contributed by atoms with Crippen molar-refractivity contribution in [1.29, 1.82) is 0 Å². The van der Waals surface area contributed by atoms with Crippen LogP contribution in [-0.4, -0.2) is 42.2 Å². The first-order valence-electron chi connectivity index (χ1n) is 9.80. The summed E-state index contributed by atoms with van der Waals surface area (Å²) in [5.41, 5.74) is 2.66. The largest absolute Gasteiger partial charge is 0.466 e. The van der Waals surface area contributed by atoms with Crippen LogP contribution < -0.4 is 10.6 Å². The zero-order chi connectivity index (χ0) is 19.8. The van der Waals surface area contributed by atoms with Gasteiger partial charge in [-0.1, -0.05) is 45.0 Å². The van der Waals surface area contributed by atoms with E-state index in [1.807, 2.05) is 0 Å². The standard InChI is InChI=1S/C21H32N2O3S.ClH/c1-5-26-19(24)10-11-22-20(25)18-13-27-21(23-18)15(4)17-8-6-16(7-9-17)12-14(2)3;/h6-9,14-15,18,21,23H,5,10-13H2,1-4H3,(H,22,25);1H/t15-,18-,21?;/m0./s1. The van der Waals surface area contributed by atoms with E-state index in [4.69, 9.17) is 4.74 Å². The van der Waals surface area contributed by atoms with Gasteiger partial charge in [-0.15, -0.1) is 24.2 Å². The van der Waals surface area contributed by atoms with Gasteiger partial charge >= 0.3 is 5.97 Å². The quantitative estimate of drug-likeness (QED) is 0.589. The lowest BCUT2D eigenvalue weighted by Gasteiger charge is -2.21. The molecule has 1 aliphatic heterocycles. The Hall–Kier alpha value is -1.24. The number of ether oxygens (including phenoxy) is 1. The van der Waals surface area contributed by atoms with Crippen LogP contribution >= 0.6 is 24.2 Å². The van der Waals surface area contributed by atoms with E-state index in [0.717, 1.165) is 12.2 Å². The molecule has 0 saturated carbocycles. The predicted octanol–water partition coefficient (Wildman–Crippen LogP) is 3.51. The van der Waals surface area contributed by atoms with Crippen molar-refractivity contribution in [1.82, 2.24) is 10.6 Å². The fourth-order valence-electron chi connectivity index (χ4n) is 3.18. The number of hydrogen-bond donors (Lipinski definition) is 2. The fourth-order valence-corrected chi connectivity index (χ4v) is 4.54. The van der Waals surface area contributed by atoms with Gasteiger partial charge in [-0.3, -0.25) is 14.9 Å². The smallest absolute Gasteiger partial charge is 0.307 e. The third kappa shape index (κ3) is 7.64. The van der Waals surface area contributed by atoms with E-state index in [1.165, 1.54) is 11.1 Å². The van der Waals surface area contributed by atoms with Gasteiger partial charge in [0.2, 0.25) is 5.91 Å². The molecule has 28 heavy (non-hydrogen) atoms. The molecular weight excluding hydrogens is 396 g/mol. The van der Waals surface area contributed by atoms with Crippen molar-refractivity contribution in [2.45, 2.75) is 57.9 Å². The summed E-state index contributed by atoms with van der Waals surface area (Å²) < 4.78 is 4.87. The van der Waals surface area contributed by atoms with Crippen molar-refractivity contribution in [3.63, 3.8) is 0 Å². The minimum absolute atomic E-state index is 0. The molecule has 2 rings (SSSR count). The summed E-state index contributed by atoms with van der Waals surface area (Å²) in [6, 6.07) is 8.62. The summed E-state index contributed by atoms with van der Waals surface area (Å²) in [7, 11) is 0. The first-order chi connectivity index (χ1) is 12.9. The minimum atomic E-state index is -0.279. The Balaban J connectivity index is 0.00000392. The molecule has 0 aromatic heterocycles. The number of benzene rings is 1. The molecule has 0 spiro atoms. The highest BCUT2D eigenvalue weighted by Gasteiger charge is 2.33. The molecule has 7 heteroatoms. The Morgan fingerprint density at radius 2 is 1.93 bits per heavy atom. The van der Waals surface area contributed by atoms with E-state index >= 15 is 0 Å². The number of amides is 1. The zero-order valence-electron chi connectivity index (χ0n) is 17.2. The minimum Gasteiger partial charge on any atom is -0.466 e. The summed E-state index contributed by atoms with van der Waals surface area (Å²) in [5.74, 6) is 1.39. The second kappa shape index (κ2) is 12.3. The molecular formula is C21H33ClN2O3S. The second-order valence-corrected chi connectivity index (χ2v) is 8.62.